The van der Waals surface area contributed by atoms with E-state index in [-0.39, 0.29) is 23.5 Å². The Bertz CT molecular complexity index is 1010. The Morgan fingerprint density at radius 2 is 2.04 bits per heavy atom. The summed E-state index contributed by atoms with van der Waals surface area (Å²) < 4.78 is 40.0. The number of hydrogen-bond donors (Lipinski definition) is 1. The molecule has 2 heterocycles. The van der Waals surface area contributed by atoms with Crippen LogP contribution in [0.2, 0.25) is 0 Å². The van der Waals surface area contributed by atoms with Crippen molar-refractivity contribution in [3.63, 3.8) is 0 Å². The second-order valence-electron chi connectivity index (χ2n) is 5.39. The molecule has 0 fully saturated rings. The minimum absolute atomic E-state index is 0.0683. The highest BCUT2D eigenvalue weighted by Gasteiger charge is 2.31. The minimum Gasteiger partial charge on any atom is -0.345 e. The quantitative estimate of drug-likeness (QED) is 0.759. The summed E-state index contributed by atoms with van der Waals surface area (Å²) in [5.74, 6) is -0.346. The molecule has 1 N–H and O–H groups in total. The Kier molecular flexibility index (Phi) is 4.85. The number of halogens is 3. The Balaban J connectivity index is 1.80. The summed E-state index contributed by atoms with van der Waals surface area (Å²) in [7, 11) is 0. The lowest BCUT2D eigenvalue weighted by Gasteiger charge is -2.11. The summed E-state index contributed by atoms with van der Waals surface area (Å²) in [5, 5.41) is 15.3. The molecule has 0 spiro atoms. The molecule has 0 radical (unpaired) electrons. The molecule has 0 aliphatic rings. The summed E-state index contributed by atoms with van der Waals surface area (Å²) in [4.78, 5) is 20.3. The van der Waals surface area contributed by atoms with Gasteiger partial charge in [0.15, 0.2) is 5.82 Å². The van der Waals surface area contributed by atoms with Gasteiger partial charge in [-0.25, -0.2) is 9.97 Å². The Morgan fingerprint density at radius 1 is 1.22 bits per heavy atom. The van der Waals surface area contributed by atoms with Gasteiger partial charge in [-0.05, 0) is 35.9 Å². The highest BCUT2D eigenvalue weighted by Crippen LogP contribution is 2.30. The number of pyridine rings is 1. The predicted molar refractivity (Wildman–Crippen MR) is 86.5 cm³/mol. The maximum Gasteiger partial charge on any atom is 0.416 e. The van der Waals surface area contributed by atoms with Gasteiger partial charge < -0.3 is 5.32 Å². The van der Waals surface area contributed by atoms with Crippen LogP contribution in [0.15, 0.2) is 48.9 Å². The van der Waals surface area contributed by atoms with E-state index in [1.807, 2.05) is 0 Å². The highest BCUT2D eigenvalue weighted by molar-refractivity contribution is 5.91. The Morgan fingerprint density at radius 3 is 2.70 bits per heavy atom. The van der Waals surface area contributed by atoms with Crippen LogP contribution in [-0.4, -0.2) is 25.7 Å². The van der Waals surface area contributed by atoms with E-state index in [1.165, 1.54) is 23.3 Å². The third-order valence-corrected chi connectivity index (χ3v) is 3.52. The molecule has 27 heavy (non-hydrogen) atoms. The summed E-state index contributed by atoms with van der Waals surface area (Å²) in [6.45, 7) is -0.216. The van der Waals surface area contributed by atoms with Gasteiger partial charge in [0.2, 0.25) is 5.82 Å². The number of rotatable bonds is 4. The highest BCUT2D eigenvalue weighted by atomic mass is 19.4. The summed E-state index contributed by atoms with van der Waals surface area (Å²) >= 11 is 0. The van der Waals surface area contributed by atoms with Gasteiger partial charge in [0, 0.05) is 12.7 Å². The molecule has 0 saturated carbocycles. The van der Waals surface area contributed by atoms with Gasteiger partial charge in [0.25, 0.3) is 5.91 Å². The summed E-state index contributed by atoms with van der Waals surface area (Å²) in [5.41, 5.74) is -0.966. The molecule has 0 unspecified atom stereocenters. The van der Waals surface area contributed by atoms with Crippen LogP contribution in [0.1, 0.15) is 27.3 Å². The average molecular weight is 372 g/mol. The number of hydrogen-bond acceptors (Lipinski definition) is 5. The SMILES string of the molecule is N#Cc1cc(CNC(=O)c2ncnn2-c2ccccn2)cc(C(F)(F)F)c1. The van der Waals surface area contributed by atoms with E-state index in [0.717, 1.165) is 12.1 Å². The first-order chi connectivity index (χ1) is 12.9. The van der Waals surface area contributed by atoms with Crippen molar-refractivity contribution in [2.24, 2.45) is 0 Å². The van der Waals surface area contributed by atoms with Crippen molar-refractivity contribution in [2.75, 3.05) is 0 Å². The van der Waals surface area contributed by atoms with Crippen molar-refractivity contribution in [1.29, 1.82) is 5.26 Å². The Hall–Kier alpha value is -3.74. The molecule has 7 nitrogen and oxygen atoms in total. The molecular formula is C17H11F3N6O. The summed E-state index contributed by atoms with van der Waals surface area (Å²) in [6.07, 6.45) is -1.91. The van der Waals surface area contributed by atoms with Crippen molar-refractivity contribution in [1.82, 2.24) is 25.1 Å². The van der Waals surface area contributed by atoms with Crippen LogP contribution in [-0.2, 0) is 12.7 Å². The van der Waals surface area contributed by atoms with E-state index in [2.05, 4.69) is 20.4 Å². The standard InChI is InChI=1S/C17H11F3N6O/c18-17(19,20)13-6-11(8-21)5-12(7-13)9-23-16(27)15-24-10-25-26(15)14-3-1-2-4-22-14/h1-7,10H,9H2,(H,23,27). The number of amides is 1. The zero-order chi connectivity index (χ0) is 19.4. The van der Waals surface area contributed by atoms with Crippen molar-refractivity contribution < 1.29 is 18.0 Å². The van der Waals surface area contributed by atoms with Gasteiger partial charge in [-0.2, -0.15) is 28.2 Å². The molecule has 0 aliphatic carbocycles. The average Bonchev–Trinajstić information content (AvgIpc) is 3.15. The van der Waals surface area contributed by atoms with Gasteiger partial charge in [-0.3, -0.25) is 4.79 Å². The predicted octanol–water partition coefficient (Wildman–Crippen LogP) is 2.48. The topological polar surface area (TPSA) is 96.5 Å². The molecule has 1 amide bonds. The van der Waals surface area contributed by atoms with E-state index >= 15 is 0 Å². The van der Waals surface area contributed by atoms with Crippen LogP contribution in [0, 0.1) is 11.3 Å². The zero-order valence-electron chi connectivity index (χ0n) is 13.6. The van der Waals surface area contributed by atoms with Crippen LogP contribution in [0.3, 0.4) is 0 Å². The summed E-state index contributed by atoms with van der Waals surface area (Å²) in [6, 6.07) is 9.61. The second kappa shape index (κ2) is 7.25. The molecule has 0 saturated heterocycles. The van der Waals surface area contributed by atoms with Gasteiger partial charge in [-0.1, -0.05) is 6.07 Å². The number of carbonyl (C=O) groups is 1. The van der Waals surface area contributed by atoms with Crippen molar-refractivity contribution in [3.8, 4) is 11.9 Å². The normalized spacial score (nSPS) is 11.0. The lowest BCUT2D eigenvalue weighted by Crippen LogP contribution is -2.26. The zero-order valence-corrected chi connectivity index (χ0v) is 13.6. The minimum atomic E-state index is -4.59. The van der Waals surface area contributed by atoms with E-state index in [4.69, 9.17) is 5.26 Å². The second-order valence-corrected chi connectivity index (χ2v) is 5.39. The van der Waals surface area contributed by atoms with E-state index < -0.39 is 17.6 Å². The molecule has 0 bridgehead atoms. The first-order valence-electron chi connectivity index (χ1n) is 7.59. The number of alkyl halides is 3. The van der Waals surface area contributed by atoms with Crippen LogP contribution in [0.5, 0.6) is 0 Å². The molecule has 136 valence electrons. The fourth-order valence-corrected chi connectivity index (χ4v) is 2.33. The number of carbonyl (C=O) groups excluding carboxylic acids is 1. The van der Waals surface area contributed by atoms with Crippen LogP contribution < -0.4 is 5.32 Å². The number of aromatic nitrogens is 4. The van der Waals surface area contributed by atoms with Gasteiger partial charge >= 0.3 is 6.18 Å². The van der Waals surface area contributed by atoms with E-state index in [9.17, 15) is 18.0 Å². The lowest BCUT2D eigenvalue weighted by molar-refractivity contribution is -0.137. The first kappa shape index (κ1) is 18.1. The maximum atomic E-state index is 12.9. The van der Waals surface area contributed by atoms with Gasteiger partial charge in [0.1, 0.15) is 6.33 Å². The molecule has 0 aliphatic heterocycles. The van der Waals surface area contributed by atoms with Gasteiger partial charge in [0.05, 0.1) is 17.2 Å². The monoisotopic (exact) mass is 372 g/mol. The number of nitriles is 1. The lowest BCUT2D eigenvalue weighted by atomic mass is 10.1. The van der Waals surface area contributed by atoms with Crippen LogP contribution in [0.25, 0.3) is 5.82 Å². The molecule has 3 aromatic rings. The van der Waals surface area contributed by atoms with Crippen LogP contribution in [0.4, 0.5) is 13.2 Å². The van der Waals surface area contributed by atoms with Crippen molar-refractivity contribution in [2.45, 2.75) is 12.7 Å². The van der Waals surface area contributed by atoms with Crippen LogP contribution >= 0.6 is 0 Å². The molecule has 2 aromatic heterocycles. The van der Waals surface area contributed by atoms with Crippen molar-refractivity contribution >= 4 is 5.91 Å². The molecule has 10 heteroatoms. The first-order valence-corrected chi connectivity index (χ1v) is 7.59. The van der Waals surface area contributed by atoms with Gasteiger partial charge in [-0.15, -0.1) is 0 Å². The maximum absolute atomic E-state index is 12.9. The number of nitrogens with zero attached hydrogens (tertiary/aromatic N) is 5. The third kappa shape index (κ3) is 4.09. The molecule has 0 atom stereocenters. The molecule has 3 rings (SSSR count). The van der Waals surface area contributed by atoms with E-state index in [0.29, 0.717) is 5.82 Å². The molecular weight excluding hydrogens is 361 g/mol. The third-order valence-electron chi connectivity index (χ3n) is 3.52. The fourth-order valence-electron chi connectivity index (χ4n) is 2.33. The fraction of sp³-hybridized carbons (Fsp3) is 0.118. The number of nitrogens with one attached hydrogen (secondary N) is 1. The largest absolute Gasteiger partial charge is 0.416 e. The number of benzene rings is 1. The van der Waals surface area contributed by atoms with Crippen molar-refractivity contribution in [3.05, 3.63) is 71.4 Å². The van der Waals surface area contributed by atoms with E-state index in [1.54, 1.807) is 24.3 Å². The molecule has 1 aromatic carbocycles. The Labute approximate surface area is 151 Å². The smallest absolute Gasteiger partial charge is 0.345 e.